The summed E-state index contributed by atoms with van der Waals surface area (Å²) < 4.78 is 0. The zero-order valence-electron chi connectivity index (χ0n) is 8.00. The summed E-state index contributed by atoms with van der Waals surface area (Å²) in [5, 5.41) is 0.998. The van der Waals surface area contributed by atoms with Gasteiger partial charge in [0.2, 0.25) is 0 Å². The number of aromatic nitrogens is 1. The van der Waals surface area contributed by atoms with Crippen LogP contribution >= 0.6 is 23.2 Å². The number of hydrogen-bond donors (Lipinski definition) is 0. The minimum Gasteiger partial charge on any atom is -0.369 e. The Morgan fingerprint density at radius 1 is 1.57 bits per heavy atom. The monoisotopic (exact) mass is 230 g/mol. The van der Waals surface area contributed by atoms with Gasteiger partial charge in [-0.1, -0.05) is 11.6 Å². The third-order valence-electron chi connectivity index (χ3n) is 2.51. The standard InChI is InChI=1S/C10H12Cl2N2/c1-7-10(12)9(2-4-13-7)14-5-3-8(11)6-14/h2,4,8H,3,5-6H2,1H3. The van der Waals surface area contributed by atoms with Crippen molar-refractivity contribution >= 4 is 28.9 Å². The number of pyridine rings is 1. The molecule has 1 aliphatic heterocycles. The molecule has 0 bridgehead atoms. The van der Waals surface area contributed by atoms with Crippen molar-refractivity contribution in [2.75, 3.05) is 18.0 Å². The largest absolute Gasteiger partial charge is 0.369 e. The van der Waals surface area contributed by atoms with Crippen molar-refractivity contribution in [3.63, 3.8) is 0 Å². The van der Waals surface area contributed by atoms with Crippen LogP contribution in [0.1, 0.15) is 12.1 Å². The maximum Gasteiger partial charge on any atom is 0.0851 e. The Balaban J connectivity index is 2.28. The van der Waals surface area contributed by atoms with E-state index < -0.39 is 0 Å². The average Bonchev–Trinajstić information content (AvgIpc) is 2.57. The second-order valence-electron chi connectivity index (χ2n) is 3.56. The summed E-state index contributed by atoms with van der Waals surface area (Å²) >= 11 is 12.2. The Hall–Kier alpha value is -0.470. The molecule has 1 aromatic heterocycles. The fraction of sp³-hybridized carbons (Fsp3) is 0.500. The Bertz CT molecular complexity index is 341. The van der Waals surface area contributed by atoms with Gasteiger partial charge in [0.15, 0.2) is 0 Å². The van der Waals surface area contributed by atoms with E-state index in [4.69, 9.17) is 23.2 Å². The van der Waals surface area contributed by atoms with Gasteiger partial charge in [-0.05, 0) is 19.4 Å². The van der Waals surface area contributed by atoms with Crippen LogP contribution in [-0.4, -0.2) is 23.5 Å². The van der Waals surface area contributed by atoms with Gasteiger partial charge in [-0.3, -0.25) is 4.98 Å². The van der Waals surface area contributed by atoms with Crippen LogP contribution in [0.3, 0.4) is 0 Å². The molecule has 0 amide bonds. The fourth-order valence-corrected chi connectivity index (χ4v) is 2.21. The molecule has 1 saturated heterocycles. The van der Waals surface area contributed by atoms with E-state index in [1.807, 2.05) is 13.0 Å². The summed E-state index contributed by atoms with van der Waals surface area (Å²) in [4.78, 5) is 6.36. The molecule has 4 heteroatoms. The number of anilines is 1. The molecule has 1 fully saturated rings. The van der Waals surface area contributed by atoms with E-state index in [1.165, 1.54) is 0 Å². The first-order valence-corrected chi connectivity index (χ1v) is 5.50. The van der Waals surface area contributed by atoms with Gasteiger partial charge in [0.1, 0.15) is 0 Å². The molecule has 14 heavy (non-hydrogen) atoms. The van der Waals surface area contributed by atoms with Gasteiger partial charge in [0, 0.05) is 19.3 Å². The van der Waals surface area contributed by atoms with Crippen LogP contribution in [0.4, 0.5) is 5.69 Å². The predicted octanol–water partition coefficient (Wildman–Crippen LogP) is 2.86. The van der Waals surface area contributed by atoms with Gasteiger partial charge in [0.25, 0.3) is 0 Å². The summed E-state index contributed by atoms with van der Waals surface area (Å²) in [7, 11) is 0. The molecule has 2 nitrogen and oxygen atoms in total. The zero-order chi connectivity index (χ0) is 10.1. The van der Waals surface area contributed by atoms with E-state index in [9.17, 15) is 0 Å². The molecule has 0 aromatic carbocycles. The van der Waals surface area contributed by atoms with E-state index in [-0.39, 0.29) is 5.38 Å². The number of alkyl halides is 1. The van der Waals surface area contributed by atoms with Crippen molar-refractivity contribution < 1.29 is 0 Å². The van der Waals surface area contributed by atoms with Crippen molar-refractivity contribution in [1.82, 2.24) is 4.98 Å². The topological polar surface area (TPSA) is 16.1 Å². The van der Waals surface area contributed by atoms with Gasteiger partial charge in [-0.15, -0.1) is 11.6 Å². The lowest BCUT2D eigenvalue weighted by molar-refractivity contribution is 0.957. The van der Waals surface area contributed by atoms with Gasteiger partial charge < -0.3 is 4.90 Å². The molecule has 0 aliphatic carbocycles. The summed E-state index contributed by atoms with van der Waals surface area (Å²) in [6, 6.07) is 1.95. The number of hydrogen-bond acceptors (Lipinski definition) is 2. The highest BCUT2D eigenvalue weighted by atomic mass is 35.5. The Kier molecular flexibility index (Phi) is 2.84. The van der Waals surface area contributed by atoms with E-state index in [1.54, 1.807) is 6.20 Å². The molecule has 76 valence electrons. The molecule has 1 atom stereocenters. The lowest BCUT2D eigenvalue weighted by Gasteiger charge is -2.19. The lowest BCUT2D eigenvalue weighted by atomic mass is 10.3. The fourth-order valence-electron chi connectivity index (χ4n) is 1.72. The Morgan fingerprint density at radius 2 is 2.36 bits per heavy atom. The molecule has 2 rings (SSSR count). The molecule has 0 N–H and O–H groups in total. The maximum atomic E-state index is 6.17. The van der Waals surface area contributed by atoms with Gasteiger partial charge in [-0.2, -0.15) is 0 Å². The van der Waals surface area contributed by atoms with Crippen LogP contribution in [0.15, 0.2) is 12.3 Å². The second-order valence-corrected chi connectivity index (χ2v) is 4.56. The SMILES string of the molecule is Cc1nccc(N2CCC(Cl)C2)c1Cl. The predicted molar refractivity (Wildman–Crippen MR) is 60.5 cm³/mol. The summed E-state index contributed by atoms with van der Waals surface area (Å²) in [6.45, 7) is 3.78. The third kappa shape index (κ3) is 1.82. The van der Waals surface area contributed by atoms with Crippen molar-refractivity contribution in [2.45, 2.75) is 18.7 Å². The highest BCUT2D eigenvalue weighted by molar-refractivity contribution is 6.33. The highest BCUT2D eigenvalue weighted by Crippen LogP contribution is 2.30. The number of rotatable bonds is 1. The van der Waals surface area contributed by atoms with Crippen LogP contribution in [0.5, 0.6) is 0 Å². The Labute approximate surface area is 93.8 Å². The Morgan fingerprint density at radius 3 is 3.00 bits per heavy atom. The van der Waals surface area contributed by atoms with Crippen molar-refractivity contribution in [3.8, 4) is 0 Å². The molecule has 2 heterocycles. The maximum absolute atomic E-state index is 6.17. The van der Waals surface area contributed by atoms with Crippen LogP contribution in [0.25, 0.3) is 0 Å². The molecule has 0 radical (unpaired) electrons. The first-order chi connectivity index (χ1) is 6.68. The minimum atomic E-state index is 0.250. The molecule has 1 aliphatic rings. The number of halogens is 2. The van der Waals surface area contributed by atoms with Crippen molar-refractivity contribution in [1.29, 1.82) is 0 Å². The average molecular weight is 231 g/mol. The number of nitrogens with zero attached hydrogens (tertiary/aromatic N) is 2. The van der Waals surface area contributed by atoms with Gasteiger partial charge in [0.05, 0.1) is 21.8 Å². The van der Waals surface area contributed by atoms with Gasteiger partial charge in [-0.25, -0.2) is 0 Å². The summed E-state index contributed by atoms with van der Waals surface area (Å²) in [5.74, 6) is 0. The smallest absolute Gasteiger partial charge is 0.0851 e. The van der Waals surface area contributed by atoms with E-state index in [2.05, 4.69) is 9.88 Å². The van der Waals surface area contributed by atoms with Crippen LogP contribution in [0.2, 0.25) is 5.02 Å². The summed E-state index contributed by atoms with van der Waals surface area (Å²) in [5.41, 5.74) is 1.93. The molecular formula is C10H12Cl2N2. The van der Waals surface area contributed by atoms with E-state index in [0.29, 0.717) is 0 Å². The first kappa shape index (κ1) is 10.1. The van der Waals surface area contributed by atoms with Crippen LogP contribution in [0, 0.1) is 6.92 Å². The summed E-state index contributed by atoms with van der Waals surface area (Å²) in [6.07, 6.45) is 2.82. The molecule has 1 aromatic rings. The minimum absolute atomic E-state index is 0.250. The normalized spacial score (nSPS) is 21.6. The molecule has 1 unspecified atom stereocenters. The zero-order valence-corrected chi connectivity index (χ0v) is 9.52. The van der Waals surface area contributed by atoms with Gasteiger partial charge >= 0.3 is 0 Å². The van der Waals surface area contributed by atoms with Crippen LogP contribution < -0.4 is 4.90 Å². The van der Waals surface area contributed by atoms with Crippen molar-refractivity contribution in [3.05, 3.63) is 23.0 Å². The quantitative estimate of drug-likeness (QED) is 0.691. The van der Waals surface area contributed by atoms with E-state index in [0.717, 1.165) is 35.9 Å². The van der Waals surface area contributed by atoms with Crippen LogP contribution in [-0.2, 0) is 0 Å². The van der Waals surface area contributed by atoms with Crippen molar-refractivity contribution in [2.24, 2.45) is 0 Å². The number of aryl methyl sites for hydroxylation is 1. The molecule has 0 saturated carbocycles. The second kappa shape index (κ2) is 3.95. The molecular weight excluding hydrogens is 219 g/mol. The lowest BCUT2D eigenvalue weighted by Crippen LogP contribution is -2.20. The van der Waals surface area contributed by atoms with E-state index >= 15 is 0 Å². The highest BCUT2D eigenvalue weighted by Gasteiger charge is 2.22. The first-order valence-electron chi connectivity index (χ1n) is 4.68. The third-order valence-corrected chi connectivity index (χ3v) is 3.34. The molecule has 0 spiro atoms.